The third kappa shape index (κ3) is 1.13. The average molecular weight is 274 g/mol. The molecule has 62 valence electrons. The van der Waals surface area contributed by atoms with E-state index in [2.05, 4.69) is 37.8 Å². The molecule has 2 aromatic heterocycles. The lowest BCUT2D eigenvalue weighted by atomic mass is 10.4. The first kappa shape index (κ1) is 7.78. The van der Waals surface area contributed by atoms with Crippen LogP contribution in [0.5, 0.6) is 0 Å². The SMILES string of the molecule is CN(I)c1ncnc2[nH]ccc12. The average Bonchev–Trinajstić information content (AvgIpc) is 2.49. The molecule has 0 aliphatic rings. The fourth-order valence-electron chi connectivity index (χ4n) is 1.10. The Morgan fingerprint density at radius 1 is 1.50 bits per heavy atom. The van der Waals surface area contributed by atoms with Gasteiger partial charge in [0.05, 0.1) is 28.3 Å². The number of hydrogen-bond acceptors (Lipinski definition) is 3. The number of halogens is 1. The second-order valence-electron chi connectivity index (χ2n) is 2.41. The number of anilines is 1. The Morgan fingerprint density at radius 2 is 2.33 bits per heavy atom. The summed E-state index contributed by atoms with van der Waals surface area (Å²) in [5, 5.41) is 1.05. The molecule has 2 aromatic rings. The minimum absolute atomic E-state index is 0.878. The van der Waals surface area contributed by atoms with Gasteiger partial charge in [0, 0.05) is 13.2 Å². The molecule has 0 saturated heterocycles. The van der Waals surface area contributed by atoms with Gasteiger partial charge < -0.3 is 8.10 Å². The molecule has 0 spiro atoms. The number of rotatable bonds is 1. The summed E-state index contributed by atoms with van der Waals surface area (Å²) in [5.74, 6) is 0.932. The maximum Gasteiger partial charge on any atom is 0.149 e. The van der Waals surface area contributed by atoms with Gasteiger partial charge in [-0.2, -0.15) is 0 Å². The molecule has 5 heteroatoms. The van der Waals surface area contributed by atoms with Crippen molar-refractivity contribution in [1.29, 1.82) is 0 Å². The van der Waals surface area contributed by atoms with E-state index in [0.717, 1.165) is 16.9 Å². The van der Waals surface area contributed by atoms with Crippen LogP contribution in [0.2, 0.25) is 0 Å². The van der Waals surface area contributed by atoms with E-state index >= 15 is 0 Å². The van der Waals surface area contributed by atoms with Crippen LogP contribution < -0.4 is 3.11 Å². The molecule has 0 amide bonds. The van der Waals surface area contributed by atoms with Crippen molar-refractivity contribution >= 4 is 39.7 Å². The predicted molar refractivity (Wildman–Crippen MR) is 56.3 cm³/mol. The summed E-state index contributed by atoms with van der Waals surface area (Å²) in [6, 6.07) is 1.97. The normalized spacial score (nSPS) is 10.5. The van der Waals surface area contributed by atoms with Gasteiger partial charge in [0.15, 0.2) is 0 Å². The summed E-state index contributed by atoms with van der Waals surface area (Å²) in [6.07, 6.45) is 3.42. The Bertz CT molecular complexity index is 395. The van der Waals surface area contributed by atoms with Crippen LogP contribution in [0.4, 0.5) is 5.82 Å². The van der Waals surface area contributed by atoms with Crippen molar-refractivity contribution < 1.29 is 0 Å². The van der Waals surface area contributed by atoms with E-state index in [0.29, 0.717) is 0 Å². The largest absolute Gasteiger partial charge is 0.346 e. The molecule has 4 nitrogen and oxygen atoms in total. The molecule has 0 bridgehead atoms. The molecular weight excluding hydrogens is 267 g/mol. The third-order valence-corrected chi connectivity index (χ3v) is 2.08. The van der Waals surface area contributed by atoms with E-state index in [4.69, 9.17) is 0 Å². The quantitative estimate of drug-likeness (QED) is 0.636. The standard InChI is InChI=1S/C7H7IN4/c1-12(8)7-5-2-3-9-6(5)10-4-11-7/h2-4H,1H3,(H,9,10,11). The molecule has 0 radical (unpaired) electrons. The number of nitrogens with one attached hydrogen (secondary N) is 1. The van der Waals surface area contributed by atoms with Crippen LogP contribution in [0, 0.1) is 0 Å². The fraction of sp³-hybridized carbons (Fsp3) is 0.143. The zero-order valence-corrected chi connectivity index (χ0v) is 8.61. The summed E-state index contributed by atoms with van der Waals surface area (Å²) < 4.78 is 1.94. The molecule has 0 aliphatic carbocycles. The molecule has 0 aromatic carbocycles. The highest BCUT2D eigenvalue weighted by molar-refractivity contribution is 14.1. The first-order valence-corrected chi connectivity index (χ1v) is 4.43. The Kier molecular flexibility index (Phi) is 1.87. The van der Waals surface area contributed by atoms with Crippen LogP contribution in [0.25, 0.3) is 11.0 Å². The van der Waals surface area contributed by atoms with Gasteiger partial charge in [0.1, 0.15) is 17.8 Å². The van der Waals surface area contributed by atoms with E-state index in [1.807, 2.05) is 22.4 Å². The van der Waals surface area contributed by atoms with Gasteiger partial charge in [0.25, 0.3) is 0 Å². The molecule has 0 aliphatic heterocycles. The van der Waals surface area contributed by atoms with E-state index in [1.54, 1.807) is 6.33 Å². The topological polar surface area (TPSA) is 44.8 Å². The first-order valence-electron chi connectivity index (χ1n) is 3.46. The predicted octanol–water partition coefficient (Wildman–Crippen LogP) is 1.74. The summed E-state index contributed by atoms with van der Waals surface area (Å²) in [6.45, 7) is 0. The van der Waals surface area contributed by atoms with Gasteiger partial charge in [-0.05, 0) is 6.07 Å². The van der Waals surface area contributed by atoms with E-state index in [9.17, 15) is 0 Å². The molecule has 0 saturated carbocycles. The molecule has 0 fully saturated rings. The Balaban J connectivity index is 2.73. The minimum Gasteiger partial charge on any atom is -0.346 e. The zero-order chi connectivity index (χ0) is 8.55. The van der Waals surface area contributed by atoms with Gasteiger partial charge in [-0.15, -0.1) is 0 Å². The van der Waals surface area contributed by atoms with Crippen molar-refractivity contribution in [2.45, 2.75) is 0 Å². The van der Waals surface area contributed by atoms with Crippen LogP contribution in [0.3, 0.4) is 0 Å². The van der Waals surface area contributed by atoms with Crippen molar-refractivity contribution in [3.05, 3.63) is 18.6 Å². The molecule has 2 heterocycles. The van der Waals surface area contributed by atoms with Gasteiger partial charge in [-0.3, -0.25) is 0 Å². The van der Waals surface area contributed by atoms with Gasteiger partial charge in [0.2, 0.25) is 0 Å². The Labute approximate surface area is 83.5 Å². The van der Waals surface area contributed by atoms with Crippen LogP contribution in [0.15, 0.2) is 18.6 Å². The van der Waals surface area contributed by atoms with E-state index in [-0.39, 0.29) is 0 Å². The third-order valence-electron chi connectivity index (χ3n) is 1.62. The summed E-state index contributed by atoms with van der Waals surface area (Å²) in [7, 11) is 1.95. The highest BCUT2D eigenvalue weighted by Gasteiger charge is 2.05. The monoisotopic (exact) mass is 274 g/mol. The van der Waals surface area contributed by atoms with Crippen molar-refractivity contribution in [3.8, 4) is 0 Å². The summed E-state index contributed by atoms with van der Waals surface area (Å²) in [4.78, 5) is 11.3. The number of hydrogen-bond donors (Lipinski definition) is 1. The maximum atomic E-state index is 4.17. The van der Waals surface area contributed by atoms with Crippen LogP contribution >= 0.6 is 22.9 Å². The number of nitrogens with zero attached hydrogens (tertiary/aromatic N) is 3. The van der Waals surface area contributed by atoms with Crippen molar-refractivity contribution in [2.24, 2.45) is 0 Å². The second kappa shape index (κ2) is 2.89. The lowest BCUT2D eigenvalue weighted by Gasteiger charge is -2.07. The van der Waals surface area contributed by atoms with Gasteiger partial charge >= 0.3 is 0 Å². The number of aromatic amines is 1. The van der Waals surface area contributed by atoms with Crippen LogP contribution in [-0.2, 0) is 0 Å². The van der Waals surface area contributed by atoms with Crippen LogP contribution in [0.1, 0.15) is 0 Å². The van der Waals surface area contributed by atoms with Crippen molar-refractivity contribution in [2.75, 3.05) is 10.2 Å². The highest BCUT2D eigenvalue weighted by Crippen LogP contribution is 2.22. The fourth-order valence-corrected chi connectivity index (χ4v) is 1.49. The minimum atomic E-state index is 0.878. The molecular formula is C7H7IN4. The Morgan fingerprint density at radius 3 is 3.08 bits per heavy atom. The van der Waals surface area contributed by atoms with Gasteiger partial charge in [-0.1, -0.05) is 0 Å². The lowest BCUT2D eigenvalue weighted by Crippen LogP contribution is -2.02. The number of fused-ring (bicyclic) bond motifs is 1. The maximum absolute atomic E-state index is 4.17. The Hall–Kier alpha value is -0.850. The molecule has 0 atom stereocenters. The van der Waals surface area contributed by atoms with Crippen LogP contribution in [-0.4, -0.2) is 22.0 Å². The zero-order valence-electron chi connectivity index (χ0n) is 6.45. The summed E-state index contributed by atoms with van der Waals surface area (Å²) >= 11 is 2.18. The van der Waals surface area contributed by atoms with Crippen molar-refractivity contribution in [3.63, 3.8) is 0 Å². The highest BCUT2D eigenvalue weighted by atomic mass is 127. The molecule has 0 unspecified atom stereocenters. The van der Waals surface area contributed by atoms with Gasteiger partial charge in [-0.25, -0.2) is 9.97 Å². The smallest absolute Gasteiger partial charge is 0.149 e. The first-order chi connectivity index (χ1) is 5.79. The molecule has 1 N–H and O–H groups in total. The number of aromatic nitrogens is 3. The second-order valence-corrected chi connectivity index (χ2v) is 3.86. The van der Waals surface area contributed by atoms with E-state index in [1.165, 1.54) is 0 Å². The molecule has 2 rings (SSSR count). The summed E-state index contributed by atoms with van der Waals surface area (Å²) in [5.41, 5.74) is 0.878. The number of H-pyrrole nitrogens is 1. The molecule has 12 heavy (non-hydrogen) atoms. The lowest BCUT2D eigenvalue weighted by molar-refractivity contribution is 1.17. The van der Waals surface area contributed by atoms with E-state index < -0.39 is 0 Å². The van der Waals surface area contributed by atoms with Crippen molar-refractivity contribution in [1.82, 2.24) is 15.0 Å².